The fourth-order valence-corrected chi connectivity index (χ4v) is 7.20. The summed E-state index contributed by atoms with van der Waals surface area (Å²) < 4.78 is 53.8. The van der Waals surface area contributed by atoms with Crippen molar-refractivity contribution >= 4 is 32.9 Å². The second kappa shape index (κ2) is 9.63. The van der Waals surface area contributed by atoms with Crippen LogP contribution in [-0.4, -0.2) is 34.2 Å². The Morgan fingerprint density at radius 2 is 1.88 bits per heavy atom. The molecule has 3 rings (SSSR count). The van der Waals surface area contributed by atoms with Crippen LogP contribution >= 0.6 is 15.9 Å². The van der Waals surface area contributed by atoms with E-state index < -0.39 is 45.4 Å². The molecule has 1 aromatic rings. The number of carbonyl (C=O) groups is 1. The SMILES string of the molecule is CCOC(=O)[C@]1(NS(=O)C(C)(C)C)c2cc(Br)ccc2CC12C[C@@H](C)C(OC(F)F)[C@@H](C)C2. The van der Waals surface area contributed by atoms with Gasteiger partial charge in [-0.1, -0.05) is 35.8 Å². The zero-order valence-corrected chi connectivity index (χ0v) is 22.4. The highest BCUT2D eigenvalue weighted by atomic mass is 79.9. The molecule has 3 unspecified atom stereocenters. The van der Waals surface area contributed by atoms with Gasteiger partial charge >= 0.3 is 12.6 Å². The van der Waals surface area contributed by atoms with Gasteiger partial charge in [0, 0.05) is 9.89 Å². The number of benzene rings is 1. The summed E-state index contributed by atoms with van der Waals surface area (Å²) in [6, 6.07) is 5.79. The number of fused-ring (bicyclic) bond motifs is 1. The minimum absolute atomic E-state index is 0.173. The molecule has 1 fully saturated rings. The van der Waals surface area contributed by atoms with Crippen LogP contribution in [0.1, 0.15) is 65.5 Å². The monoisotopic (exact) mass is 549 g/mol. The molecule has 0 aliphatic heterocycles. The number of carbonyl (C=O) groups excluding carboxylic acids is 1. The van der Waals surface area contributed by atoms with Crippen molar-refractivity contribution in [2.24, 2.45) is 17.3 Å². The summed E-state index contributed by atoms with van der Waals surface area (Å²) in [5, 5.41) is 0. The number of nitrogens with one attached hydrogen (secondary N) is 1. The third kappa shape index (κ3) is 4.80. The summed E-state index contributed by atoms with van der Waals surface area (Å²) in [7, 11) is -1.59. The van der Waals surface area contributed by atoms with Crippen molar-refractivity contribution in [3.63, 3.8) is 0 Å². The van der Waals surface area contributed by atoms with E-state index in [0.717, 1.165) is 15.6 Å². The first-order valence-electron chi connectivity index (χ1n) is 11.4. The molecule has 1 aromatic carbocycles. The van der Waals surface area contributed by atoms with Gasteiger partial charge in [-0.05, 0) is 82.1 Å². The minimum atomic E-state index is -2.85. The van der Waals surface area contributed by atoms with Crippen LogP contribution in [0.3, 0.4) is 0 Å². The number of alkyl halides is 2. The molecule has 1 saturated carbocycles. The van der Waals surface area contributed by atoms with Gasteiger partial charge < -0.3 is 9.47 Å². The molecule has 2 aliphatic carbocycles. The zero-order valence-electron chi connectivity index (χ0n) is 20.0. The van der Waals surface area contributed by atoms with E-state index in [0.29, 0.717) is 19.3 Å². The lowest BCUT2D eigenvalue weighted by atomic mass is 9.56. The summed E-state index contributed by atoms with van der Waals surface area (Å²) in [5.41, 5.74) is -0.374. The predicted octanol–water partition coefficient (Wildman–Crippen LogP) is 5.48. The molecule has 5 nitrogen and oxygen atoms in total. The summed E-state index contributed by atoms with van der Waals surface area (Å²) in [6.45, 7) is 8.37. The van der Waals surface area contributed by atoms with Crippen LogP contribution in [0, 0.1) is 17.3 Å². The average molecular weight is 551 g/mol. The van der Waals surface area contributed by atoms with Gasteiger partial charge in [0.15, 0.2) is 5.54 Å². The quantitative estimate of drug-likeness (QED) is 0.477. The highest BCUT2D eigenvalue weighted by Gasteiger charge is 2.66. The Morgan fingerprint density at radius 1 is 1.27 bits per heavy atom. The minimum Gasteiger partial charge on any atom is -0.464 e. The highest BCUT2D eigenvalue weighted by Crippen LogP contribution is 2.61. The molecular weight excluding hydrogens is 516 g/mol. The van der Waals surface area contributed by atoms with E-state index in [-0.39, 0.29) is 18.4 Å². The molecule has 9 heteroatoms. The molecule has 186 valence electrons. The Bertz CT molecular complexity index is 910. The smallest absolute Gasteiger partial charge is 0.345 e. The van der Waals surface area contributed by atoms with Crippen molar-refractivity contribution in [3.8, 4) is 0 Å². The van der Waals surface area contributed by atoms with E-state index in [1.807, 2.05) is 52.8 Å². The number of hydrogen-bond donors (Lipinski definition) is 1. The van der Waals surface area contributed by atoms with Crippen molar-refractivity contribution in [3.05, 3.63) is 33.8 Å². The molecule has 6 atom stereocenters. The van der Waals surface area contributed by atoms with Gasteiger partial charge in [-0.15, -0.1) is 0 Å². The summed E-state index contributed by atoms with van der Waals surface area (Å²) >= 11 is 3.52. The van der Waals surface area contributed by atoms with Crippen LogP contribution < -0.4 is 4.72 Å². The Balaban J connectivity index is 2.21. The first-order chi connectivity index (χ1) is 15.3. The zero-order chi connectivity index (χ0) is 24.8. The van der Waals surface area contributed by atoms with Gasteiger partial charge in [0.1, 0.15) is 0 Å². The van der Waals surface area contributed by atoms with Crippen molar-refractivity contribution in [1.29, 1.82) is 0 Å². The average Bonchev–Trinajstić information content (AvgIpc) is 2.93. The first kappa shape index (κ1) is 26.7. The normalized spacial score (nSPS) is 32.7. The number of rotatable bonds is 6. The predicted molar refractivity (Wildman–Crippen MR) is 128 cm³/mol. The second-order valence-corrected chi connectivity index (χ2v) is 13.3. The fourth-order valence-electron chi connectivity index (χ4n) is 5.84. The van der Waals surface area contributed by atoms with E-state index in [9.17, 15) is 17.8 Å². The van der Waals surface area contributed by atoms with E-state index in [1.165, 1.54) is 0 Å². The van der Waals surface area contributed by atoms with Crippen molar-refractivity contribution < 1.29 is 27.3 Å². The van der Waals surface area contributed by atoms with Gasteiger partial charge in [-0.3, -0.25) is 0 Å². The maximum Gasteiger partial charge on any atom is 0.345 e. The molecule has 33 heavy (non-hydrogen) atoms. The second-order valence-electron chi connectivity index (χ2n) is 10.4. The lowest BCUT2D eigenvalue weighted by molar-refractivity contribution is -0.210. The standard InChI is InChI=1S/C24H34BrF2NO4S/c1-7-31-20(29)24(28-33(30)22(4,5)6)18-10-17(25)9-8-16(18)13-23(24)11-14(2)19(15(3)12-23)32-21(26)27/h8-10,14-15,19,21,28H,7,11-13H2,1-6H3/t14-,15+,19?,23?,24-,33?/m1/s1. The van der Waals surface area contributed by atoms with Crippen LogP contribution in [0.5, 0.6) is 0 Å². The lowest BCUT2D eigenvalue weighted by Gasteiger charge is -2.52. The van der Waals surface area contributed by atoms with Gasteiger partial charge in [0.2, 0.25) is 0 Å². The molecule has 0 amide bonds. The van der Waals surface area contributed by atoms with E-state index in [2.05, 4.69) is 20.7 Å². The van der Waals surface area contributed by atoms with Crippen LogP contribution in [0.15, 0.2) is 22.7 Å². The van der Waals surface area contributed by atoms with Gasteiger partial charge in [0.05, 0.1) is 28.4 Å². The molecular formula is C24H34BrF2NO4S. The van der Waals surface area contributed by atoms with Crippen molar-refractivity contribution in [1.82, 2.24) is 4.72 Å². The van der Waals surface area contributed by atoms with E-state index in [1.54, 1.807) is 6.92 Å². The molecule has 0 aromatic heterocycles. The molecule has 0 saturated heterocycles. The topological polar surface area (TPSA) is 64.6 Å². The Morgan fingerprint density at radius 3 is 2.39 bits per heavy atom. The van der Waals surface area contributed by atoms with E-state index >= 15 is 0 Å². The molecule has 0 radical (unpaired) electrons. The van der Waals surface area contributed by atoms with Crippen LogP contribution in [0.4, 0.5) is 8.78 Å². The first-order valence-corrected chi connectivity index (χ1v) is 13.3. The molecule has 1 N–H and O–H groups in total. The maximum atomic E-state index is 13.9. The number of halogens is 3. The Hall–Kier alpha value is -0.900. The van der Waals surface area contributed by atoms with Crippen LogP contribution in [0.2, 0.25) is 0 Å². The molecule has 2 aliphatic rings. The maximum absolute atomic E-state index is 13.9. The Labute approximate surface area is 206 Å². The molecule has 0 bridgehead atoms. The third-order valence-corrected chi connectivity index (χ3v) is 9.09. The van der Waals surface area contributed by atoms with E-state index in [4.69, 9.17) is 9.47 Å². The van der Waals surface area contributed by atoms with Crippen LogP contribution in [-0.2, 0) is 37.2 Å². The third-order valence-electron chi connectivity index (χ3n) is 6.99. The number of hydrogen-bond acceptors (Lipinski definition) is 4. The Kier molecular flexibility index (Phi) is 7.79. The number of ether oxygens (including phenoxy) is 2. The fraction of sp³-hybridized carbons (Fsp3) is 0.708. The summed E-state index contributed by atoms with van der Waals surface area (Å²) in [4.78, 5) is 13.9. The van der Waals surface area contributed by atoms with Crippen molar-refractivity contribution in [2.75, 3.05) is 6.61 Å². The van der Waals surface area contributed by atoms with Gasteiger partial charge in [-0.25, -0.2) is 13.7 Å². The summed E-state index contributed by atoms with van der Waals surface area (Å²) in [5.74, 6) is -0.953. The number of esters is 1. The van der Waals surface area contributed by atoms with Crippen LogP contribution in [0.25, 0.3) is 0 Å². The summed E-state index contributed by atoms with van der Waals surface area (Å²) in [6.07, 6.45) is 0.834. The molecule has 1 spiro atoms. The highest BCUT2D eigenvalue weighted by molar-refractivity contribution is 9.10. The van der Waals surface area contributed by atoms with Gasteiger partial charge in [-0.2, -0.15) is 8.78 Å². The van der Waals surface area contributed by atoms with Crippen molar-refractivity contribution in [2.45, 2.75) is 83.8 Å². The van der Waals surface area contributed by atoms with Gasteiger partial charge in [0.25, 0.3) is 0 Å². The lowest BCUT2D eigenvalue weighted by Crippen LogP contribution is -2.64. The largest absolute Gasteiger partial charge is 0.464 e. The molecule has 0 heterocycles.